The number of benzene rings is 1. The smallest absolute Gasteiger partial charge is 0.326 e. The van der Waals surface area contributed by atoms with E-state index in [4.69, 9.17) is 5.11 Å². The second kappa shape index (κ2) is 7.06. The average molecular weight is 304 g/mol. The molecule has 1 heterocycles. The number of amides is 2. The molecule has 22 heavy (non-hydrogen) atoms. The number of nitrogens with zero attached hydrogens (tertiary/aromatic N) is 1. The number of hydrogen-bond donors (Lipinski definition) is 2. The van der Waals surface area contributed by atoms with Gasteiger partial charge in [-0.2, -0.15) is 0 Å². The number of carbonyl (C=O) groups excluding carboxylic acids is 2. The maximum atomic E-state index is 12.1. The monoisotopic (exact) mass is 304 g/mol. The van der Waals surface area contributed by atoms with Crippen molar-refractivity contribution < 1.29 is 19.5 Å². The van der Waals surface area contributed by atoms with Crippen LogP contribution in [0.3, 0.4) is 0 Å². The zero-order valence-electron chi connectivity index (χ0n) is 12.5. The van der Waals surface area contributed by atoms with E-state index in [1.54, 1.807) is 6.07 Å². The lowest BCUT2D eigenvalue weighted by Crippen LogP contribution is -2.48. The van der Waals surface area contributed by atoms with Gasteiger partial charge in [-0.15, -0.1) is 0 Å². The van der Waals surface area contributed by atoms with Crippen LogP contribution in [0.25, 0.3) is 0 Å². The molecule has 1 aromatic rings. The van der Waals surface area contributed by atoms with E-state index in [2.05, 4.69) is 5.32 Å². The van der Waals surface area contributed by atoms with Gasteiger partial charge in [0.15, 0.2) is 0 Å². The molecule has 2 rings (SSSR count). The number of carboxylic acids is 1. The Bertz CT molecular complexity index is 585. The lowest BCUT2D eigenvalue weighted by molar-refractivity contribution is -0.141. The lowest BCUT2D eigenvalue weighted by atomic mass is 10.0. The maximum Gasteiger partial charge on any atom is 0.326 e. The van der Waals surface area contributed by atoms with Crippen LogP contribution in [0.1, 0.15) is 31.7 Å². The number of aryl methyl sites for hydroxylation is 1. The van der Waals surface area contributed by atoms with Crippen molar-refractivity contribution >= 4 is 23.5 Å². The average Bonchev–Trinajstić information content (AvgIpc) is 2.49. The topological polar surface area (TPSA) is 86.7 Å². The Hall–Kier alpha value is -2.37. The summed E-state index contributed by atoms with van der Waals surface area (Å²) in [4.78, 5) is 36.7. The van der Waals surface area contributed by atoms with Crippen LogP contribution < -0.4 is 10.2 Å². The molecule has 0 saturated heterocycles. The van der Waals surface area contributed by atoms with Gasteiger partial charge in [0.25, 0.3) is 0 Å². The van der Waals surface area contributed by atoms with Crippen LogP contribution in [0.4, 0.5) is 5.69 Å². The van der Waals surface area contributed by atoms with Crippen molar-refractivity contribution in [1.82, 2.24) is 5.32 Å². The van der Waals surface area contributed by atoms with Gasteiger partial charge < -0.3 is 15.3 Å². The van der Waals surface area contributed by atoms with Gasteiger partial charge in [0.2, 0.25) is 11.8 Å². The molecule has 1 aromatic carbocycles. The fraction of sp³-hybridized carbons (Fsp3) is 0.438. The molecule has 118 valence electrons. The Morgan fingerprint density at radius 2 is 2.05 bits per heavy atom. The number of fused-ring (bicyclic) bond motifs is 1. The van der Waals surface area contributed by atoms with Gasteiger partial charge in [-0.3, -0.25) is 9.59 Å². The lowest BCUT2D eigenvalue weighted by Gasteiger charge is -2.29. The highest BCUT2D eigenvalue weighted by atomic mass is 16.4. The molecule has 6 heteroatoms. The van der Waals surface area contributed by atoms with Crippen molar-refractivity contribution in [3.8, 4) is 0 Å². The summed E-state index contributed by atoms with van der Waals surface area (Å²) in [6.45, 7) is 1.70. The summed E-state index contributed by atoms with van der Waals surface area (Å²) < 4.78 is 0. The molecular weight excluding hydrogens is 284 g/mol. The summed E-state index contributed by atoms with van der Waals surface area (Å²) in [6, 6.07) is 6.55. The van der Waals surface area contributed by atoms with Gasteiger partial charge in [-0.25, -0.2) is 4.79 Å². The predicted molar refractivity (Wildman–Crippen MR) is 81.6 cm³/mol. The molecule has 0 aromatic heterocycles. The second-order valence-electron chi connectivity index (χ2n) is 5.36. The van der Waals surface area contributed by atoms with E-state index in [1.807, 2.05) is 25.1 Å². The van der Waals surface area contributed by atoms with E-state index in [0.717, 1.165) is 11.3 Å². The van der Waals surface area contributed by atoms with E-state index in [-0.39, 0.29) is 12.5 Å². The Kier molecular flexibility index (Phi) is 5.14. The summed E-state index contributed by atoms with van der Waals surface area (Å²) in [6.07, 6.45) is 2.05. The number of carboxylic acid groups (broad SMARTS) is 1. The third-order valence-corrected chi connectivity index (χ3v) is 3.70. The largest absolute Gasteiger partial charge is 0.480 e. The quantitative estimate of drug-likeness (QED) is 0.830. The SMILES string of the molecule is CCCC(NC(=O)CN1C(=O)CCc2ccccc21)C(=O)O. The van der Waals surface area contributed by atoms with Gasteiger partial charge in [-0.1, -0.05) is 31.5 Å². The van der Waals surface area contributed by atoms with Crippen LogP contribution in [0.2, 0.25) is 0 Å². The fourth-order valence-electron chi connectivity index (χ4n) is 2.60. The molecule has 0 bridgehead atoms. The van der Waals surface area contributed by atoms with Crippen LogP contribution in [0.5, 0.6) is 0 Å². The number of para-hydroxylation sites is 1. The Morgan fingerprint density at radius 1 is 1.32 bits per heavy atom. The van der Waals surface area contributed by atoms with Crippen molar-refractivity contribution in [2.45, 2.75) is 38.6 Å². The van der Waals surface area contributed by atoms with Crippen LogP contribution in [0.15, 0.2) is 24.3 Å². The summed E-state index contributed by atoms with van der Waals surface area (Å²) >= 11 is 0. The van der Waals surface area contributed by atoms with Crippen molar-refractivity contribution in [1.29, 1.82) is 0 Å². The van der Waals surface area contributed by atoms with Crippen LogP contribution in [-0.2, 0) is 20.8 Å². The molecular formula is C16H20N2O4. The maximum absolute atomic E-state index is 12.1. The van der Waals surface area contributed by atoms with E-state index >= 15 is 0 Å². The molecule has 0 fully saturated rings. The minimum absolute atomic E-state index is 0.115. The molecule has 0 aliphatic carbocycles. The Morgan fingerprint density at radius 3 is 2.73 bits per heavy atom. The van der Waals surface area contributed by atoms with Crippen molar-refractivity contribution in [3.63, 3.8) is 0 Å². The number of anilines is 1. The van der Waals surface area contributed by atoms with E-state index in [0.29, 0.717) is 25.7 Å². The zero-order chi connectivity index (χ0) is 16.1. The van der Waals surface area contributed by atoms with E-state index in [1.165, 1.54) is 4.90 Å². The number of hydrogen-bond acceptors (Lipinski definition) is 3. The molecule has 2 amide bonds. The Labute approximate surface area is 129 Å². The fourth-order valence-corrected chi connectivity index (χ4v) is 2.60. The zero-order valence-corrected chi connectivity index (χ0v) is 12.5. The molecule has 1 aliphatic rings. The molecule has 1 unspecified atom stereocenters. The highest BCUT2D eigenvalue weighted by Crippen LogP contribution is 2.27. The number of carbonyl (C=O) groups is 3. The minimum atomic E-state index is -1.06. The van der Waals surface area contributed by atoms with Crippen LogP contribution in [0, 0.1) is 0 Å². The number of aliphatic carboxylic acids is 1. The standard InChI is InChI=1S/C16H20N2O4/c1-2-5-12(16(21)22)17-14(19)10-18-13-7-4-3-6-11(13)8-9-15(18)20/h3-4,6-7,12H,2,5,8-10H2,1H3,(H,17,19)(H,21,22). The summed E-state index contributed by atoms with van der Waals surface area (Å²) in [5, 5.41) is 11.6. The van der Waals surface area contributed by atoms with Crippen molar-refractivity contribution in [3.05, 3.63) is 29.8 Å². The summed E-state index contributed by atoms with van der Waals surface area (Å²) in [5.74, 6) is -1.62. The van der Waals surface area contributed by atoms with Crippen molar-refractivity contribution in [2.75, 3.05) is 11.4 Å². The molecule has 6 nitrogen and oxygen atoms in total. The minimum Gasteiger partial charge on any atom is -0.480 e. The second-order valence-corrected chi connectivity index (χ2v) is 5.36. The number of nitrogens with one attached hydrogen (secondary N) is 1. The first-order valence-corrected chi connectivity index (χ1v) is 7.43. The third-order valence-electron chi connectivity index (χ3n) is 3.70. The van der Waals surface area contributed by atoms with Gasteiger partial charge >= 0.3 is 5.97 Å². The number of rotatable bonds is 6. The first-order valence-electron chi connectivity index (χ1n) is 7.43. The molecule has 1 atom stereocenters. The highest BCUT2D eigenvalue weighted by molar-refractivity contribution is 6.01. The predicted octanol–water partition coefficient (Wildman–Crippen LogP) is 1.34. The molecule has 0 radical (unpaired) electrons. The van der Waals surface area contributed by atoms with E-state index < -0.39 is 17.9 Å². The van der Waals surface area contributed by atoms with Gasteiger partial charge in [0, 0.05) is 12.1 Å². The third kappa shape index (κ3) is 3.63. The highest BCUT2D eigenvalue weighted by Gasteiger charge is 2.27. The van der Waals surface area contributed by atoms with Gasteiger partial charge in [0.1, 0.15) is 12.6 Å². The molecule has 2 N–H and O–H groups in total. The first-order chi connectivity index (χ1) is 10.5. The normalized spacial score (nSPS) is 15.1. The Balaban J connectivity index is 2.08. The van der Waals surface area contributed by atoms with Gasteiger partial charge in [-0.05, 0) is 24.5 Å². The van der Waals surface area contributed by atoms with Crippen molar-refractivity contribution in [2.24, 2.45) is 0 Å². The van der Waals surface area contributed by atoms with Gasteiger partial charge in [0.05, 0.1) is 0 Å². The van der Waals surface area contributed by atoms with E-state index in [9.17, 15) is 14.4 Å². The summed E-state index contributed by atoms with van der Waals surface area (Å²) in [5.41, 5.74) is 1.76. The molecule has 0 spiro atoms. The van der Waals surface area contributed by atoms with Crippen LogP contribution in [-0.4, -0.2) is 35.5 Å². The molecule has 0 saturated carbocycles. The first kappa shape index (κ1) is 16.0. The summed E-state index contributed by atoms with van der Waals surface area (Å²) in [7, 11) is 0. The van der Waals surface area contributed by atoms with Crippen LogP contribution >= 0.6 is 0 Å². The molecule has 1 aliphatic heterocycles.